The predicted molar refractivity (Wildman–Crippen MR) is 123 cm³/mol. The second-order valence-corrected chi connectivity index (χ2v) is 10.9. The lowest BCUT2D eigenvalue weighted by Gasteiger charge is -2.17. The lowest BCUT2D eigenvalue weighted by atomic mass is 9.97. The number of fused-ring (bicyclic) bond motifs is 3. The number of carbonyl (C=O) groups is 1. The van der Waals surface area contributed by atoms with Gasteiger partial charge in [-0.3, -0.25) is 14.2 Å². The van der Waals surface area contributed by atoms with E-state index in [4.69, 9.17) is 4.98 Å². The fourth-order valence-electron chi connectivity index (χ4n) is 4.07. The highest BCUT2D eigenvalue weighted by molar-refractivity contribution is 8.00. The highest BCUT2D eigenvalue weighted by Gasteiger charge is 2.32. The summed E-state index contributed by atoms with van der Waals surface area (Å²) in [6.45, 7) is 1.72. The van der Waals surface area contributed by atoms with E-state index in [0.29, 0.717) is 10.2 Å². The van der Waals surface area contributed by atoms with Crippen LogP contribution in [0.4, 0.5) is 13.2 Å². The largest absolute Gasteiger partial charge is 0.416 e. The van der Waals surface area contributed by atoms with E-state index in [9.17, 15) is 22.8 Å². The van der Waals surface area contributed by atoms with Crippen molar-refractivity contribution >= 4 is 39.2 Å². The molecule has 3 aromatic rings. The average Bonchev–Trinajstić information content (AvgIpc) is 3.50. The number of alkyl halides is 3. The van der Waals surface area contributed by atoms with Crippen molar-refractivity contribution in [1.82, 2.24) is 14.9 Å². The monoisotopic (exact) mass is 493 g/mol. The fraction of sp³-hybridized carbons (Fsp3) is 0.435. The molecule has 1 atom stereocenters. The van der Waals surface area contributed by atoms with Crippen LogP contribution in [0, 0.1) is 0 Å². The molecule has 0 spiro atoms. The van der Waals surface area contributed by atoms with Crippen molar-refractivity contribution < 1.29 is 18.0 Å². The molecule has 10 heteroatoms. The summed E-state index contributed by atoms with van der Waals surface area (Å²) in [7, 11) is 0. The van der Waals surface area contributed by atoms with Crippen molar-refractivity contribution in [3.05, 3.63) is 50.6 Å². The van der Waals surface area contributed by atoms with Gasteiger partial charge in [0.2, 0.25) is 5.91 Å². The van der Waals surface area contributed by atoms with E-state index < -0.39 is 17.0 Å². The first-order valence-corrected chi connectivity index (χ1v) is 12.6. The minimum absolute atomic E-state index is 0.0947. The summed E-state index contributed by atoms with van der Waals surface area (Å²) in [6.07, 6.45) is 1.01. The zero-order valence-corrected chi connectivity index (χ0v) is 19.5. The van der Waals surface area contributed by atoms with Gasteiger partial charge in [0.1, 0.15) is 4.83 Å². The van der Waals surface area contributed by atoms with Crippen LogP contribution in [0.3, 0.4) is 0 Å². The van der Waals surface area contributed by atoms with Crippen LogP contribution < -0.4 is 10.9 Å². The quantitative estimate of drug-likeness (QED) is 0.397. The van der Waals surface area contributed by atoms with E-state index in [1.807, 2.05) is 0 Å². The SMILES string of the molecule is CC(Sc1nc2sc3c(c2c(=O)n1-c1cccc(C(F)(F)F)c1)CCCC3)C(=O)NC1CC1. The highest BCUT2D eigenvalue weighted by Crippen LogP contribution is 2.37. The van der Waals surface area contributed by atoms with Crippen LogP contribution >= 0.6 is 23.1 Å². The molecule has 2 heterocycles. The number of nitrogens with zero attached hydrogens (tertiary/aromatic N) is 2. The molecule has 2 aliphatic rings. The van der Waals surface area contributed by atoms with E-state index in [1.54, 1.807) is 6.92 Å². The molecule has 1 fully saturated rings. The predicted octanol–water partition coefficient (Wildman–Crippen LogP) is 5.10. The van der Waals surface area contributed by atoms with Crippen molar-refractivity contribution in [2.24, 2.45) is 0 Å². The normalized spacial score (nSPS) is 17.1. The minimum Gasteiger partial charge on any atom is -0.352 e. The third-order valence-electron chi connectivity index (χ3n) is 5.96. The molecular weight excluding hydrogens is 471 g/mol. The number of rotatable bonds is 5. The maximum atomic E-state index is 13.7. The molecule has 1 aromatic carbocycles. The molecular formula is C23H22F3N3O2S2. The van der Waals surface area contributed by atoms with Crippen LogP contribution in [0.5, 0.6) is 0 Å². The van der Waals surface area contributed by atoms with E-state index >= 15 is 0 Å². The summed E-state index contributed by atoms with van der Waals surface area (Å²) < 4.78 is 41.4. The molecule has 1 saturated carbocycles. The highest BCUT2D eigenvalue weighted by atomic mass is 32.2. The van der Waals surface area contributed by atoms with Gasteiger partial charge in [-0.2, -0.15) is 13.2 Å². The number of thiophene rings is 1. The molecule has 0 radical (unpaired) electrons. The Labute approximate surface area is 196 Å². The summed E-state index contributed by atoms with van der Waals surface area (Å²) in [5.74, 6) is -0.169. The smallest absolute Gasteiger partial charge is 0.352 e. The number of halogens is 3. The minimum atomic E-state index is -4.54. The first kappa shape index (κ1) is 22.5. The van der Waals surface area contributed by atoms with Crippen molar-refractivity contribution in [3.8, 4) is 5.69 Å². The zero-order chi connectivity index (χ0) is 23.3. The number of thioether (sulfide) groups is 1. The molecule has 2 aliphatic carbocycles. The van der Waals surface area contributed by atoms with Crippen LogP contribution in [0.1, 0.15) is 48.6 Å². The molecule has 0 saturated heterocycles. The molecule has 33 heavy (non-hydrogen) atoms. The van der Waals surface area contributed by atoms with Gasteiger partial charge >= 0.3 is 6.18 Å². The van der Waals surface area contributed by atoms with Gasteiger partial charge in [0.05, 0.1) is 21.9 Å². The Morgan fingerprint density at radius 1 is 1.27 bits per heavy atom. The Kier molecular flexibility index (Phi) is 5.76. The molecule has 0 bridgehead atoms. The van der Waals surface area contributed by atoms with Gasteiger partial charge in [-0.1, -0.05) is 17.8 Å². The van der Waals surface area contributed by atoms with Gasteiger partial charge in [0, 0.05) is 10.9 Å². The summed E-state index contributed by atoms with van der Waals surface area (Å²) in [5, 5.41) is 3.10. The van der Waals surface area contributed by atoms with Gasteiger partial charge in [-0.05, 0) is 69.2 Å². The number of nitrogens with one attached hydrogen (secondary N) is 1. The van der Waals surface area contributed by atoms with Crippen LogP contribution in [0.25, 0.3) is 15.9 Å². The van der Waals surface area contributed by atoms with Gasteiger partial charge in [-0.15, -0.1) is 11.3 Å². The second kappa shape index (κ2) is 8.47. The molecule has 5 nitrogen and oxygen atoms in total. The van der Waals surface area contributed by atoms with Crippen LogP contribution in [0.2, 0.25) is 0 Å². The summed E-state index contributed by atoms with van der Waals surface area (Å²) in [4.78, 5) is 32.7. The zero-order valence-electron chi connectivity index (χ0n) is 17.9. The number of aromatic nitrogens is 2. The Bertz CT molecular complexity index is 1290. The summed E-state index contributed by atoms with van der Waals surface area (Å²) >= 11 is 2.57. The van der Waals surface area contributed by atoms with Gasteiger partial charge in [0.25, 0.3) is 5.56 Å². The molecule has 1 amide bonds. The van der Waals surface area contributed by atoms with Crippen molar-refractivity contribution in [2.45, 2.75) is 68.1 Å². The second-order valence-electron chi connectivity index (χ2n) is 8.52. The van der Waals surface area contributed by atoms with Gasteiger partial charge in [0.15, 0.2) is 5.16 Å². The summed E-state index contributed by atoms with van der Waals surface area (Å²) in [5.41, 5.74) is -0.154. The maximum Gasteiger partial charge on any atom is 0.416 e. The lowest BCUT2D eigenvalue weighted by Crippen LogP contribution is -2.33. The van der Waals surface area contributed by atoms with Crippen LogP contribution in [-0.2, 0) is 23.8 Å². The van der Waals surface area contributed by atoms with Gasteiger partial charge < -0.3 is 5.32 Å². The Morgan fingerprint density at radius 2 is 2.03 bits per heavy atom. The van der Waals surface area contributed by atoms with E-state index in [-0.39, 0.29) is 28.4 Å². The van der Waals surface area contributed by atoms with Crippen molar-refractivity contribution in [2.75, 3.05) is 0 Å². The van der Waals surface area contributed by atoms with E-state index in [1.165, 1.54) is 28.0 Å². The lowest BCUT2D eigenvalue weighted by molar-refractivity contribution is -0.137. The summed E-state index contributed by atoms with van der Waals surface area (Å²) in [6, 6.07) is 4.89. The molecule has 5 rings (SSSR count). The number of carbonyl (C=O) groups excluding carboxylic acids is 1. The average molecular weight is 494 g/mol. The molecule has 0 aliphatic heterocycles. The number of benzene rings is 1. The standard InChI is InChI=1S/C23H22F3N3O2S2/c1-12(19(30)27-14-9-10-14)32-22-28-20-18(16-7-2-3-8-17(16)33-20)21(31)29(22)15-6-4-5-13(11-15)23(24,25)26/h4-6,11-12,14H,2-3,7-10H2,1H3,(H,27,30). The topological polar surface area (TPSA) is 64.0 Å². The third-order valence-corrected chi connectivity index (χ3v) is 8.20. The molecule has 1 N–H and O–H groups in total. The Hall–Kier alpha value is -2.33. The van der Waals surface area contributed by atoms with Crippen molar-refractivity contribution in [3.63, 3.8) is 0 Å². The molecule has 2 aromatic heterocycles. The first-order valence-electron chi connectivity index (χ1n) is 10.9. The van der Waals surface area contributed by atoms with Gasteiger partial charge in [-0.25, -0.2) is 4.98 Å². The van der Waals surface area contributed by atoms with Crippen molar-refractivity contribution in [1.29, 1.82) is 0 Å². The number of hydrogen-bond donors (Lipinski definition) is 1. The number of aryl methyl sites for hydroxylation is 2. The fourth-order valence-corrected chi connectivity index (χ4v) is 6.31. The third kappa shape index (κ3) is 4.42. The van der Waals surface area contributed by atoms with E-state index in [0.717, 1.165) is 72.9 Å². The van der Waals surface area contributed by atoms with Crippen LogP contribution in [0.15, 0.2) is 34.2 Å². The molecule has 174 valence electrons. The number of hydrogen-bond acceptors (Lipinski definition) is 5. The molecule has 1 unspecified atom stereocenters. The van der Waals surface area contributed by atoms with E-state index in [2.05, 4.69) is 5.32 Å². The Morgan fingerprint density at radius 3 is 2.76 bits per heavy atom. The van der Waals surface area contributed by atoms with Crippen LogP contribution in [-0.4, -0.2) is 26.8 Å². The number of amides is 1. The Balaban J connectivity index is 1.66. The maximum absolute atomic E-state index is 13.7. The first-order chi connectivity index (χ1) is 15.7.